The molecule has 0 bridgehead atoms. The molecule has 0 N–H and O–H groups in total. The Morgan fingerprint density at radius 2 is 1.21 bits per heavy atom. The summed E-state index contributed by atoms with van der Waals surface area (Å²) >= 11 is 0. The van der Waals surface area contributed by atoms with Gasteiger partial charge in [0, 0.05) is 5.56 Å². The van der Waals surface area contributed by atoms with Crippen molar-refractivity contribution in [1.29, 1.82) is 0 Å². The summed E-state index contributed by atoms with van der Waals surface area (Å²) in [6.45, 7) is 10.3. The minimum atomic E-state index is -0.251. The predicted molar refractivity (Wildman–Crippen MR) is 164 cm³/mol. The Kier molecular flexibility index (Phi) is 7.40. The first kappa shape index (κ1) is 26.5. The Hall–Kier alpha value is -4.15. The van der Waals surface area contributed by atoms with Crippen LogP contribution in [0.3, 0.4) is 0 Å². The van der Waals surface area contributed by atoms with Crippen LogP contribution in [0.2, 0.25) is 0 Å². The maximum absolute atomic E-state index is 14.8. The van der Waals surface area contributed by atoms with E-state index < -0.39 is 0 Å². The highest BCUT2D eigenvalue weighted by atomic mass is 19.1. The average molecular weight is 511 g/mol. The van der Waals surface area contributed by atoms with Gasteiger partial charge in [0.2, 0.25) is 0 Å². The van der Waals surface area contributed by atoms with Crippen LogP contribution in [0.5, 0.6) is 0 Å². The molecule has 0 spiro atoms. The molecule has 0 nitrogen and oxygen atoms in total. The molecule has 5 rings (SSSR count). The lowest BCUT2D eigenvalue weighted by Crippen LogP contribution is -2.14. The number of fused-ring (bicyclic) bond motifs is 1. The summed E-state index contributed by atoms with van der Waals surface area (Å²) in [5, 5.41) is 2.50. The van der Waals surface area contributed by atoms with E-state index >= 15 is 0 Å². The summed E-state index contributed by atoms with van der Waals surface area (Å²) in [6.07, 6.45) is 2.08. The first-order valence-corrected chi connectivity index (χ1v) is 13.7. The third-order valence-electron chi connectivity index (χ3n) is 7.32. The van der Waals surface area contributed by atoms with Gasteiger partial charge in [0.15, 0.2) is 0 Å². The first-order valence-electron chi connectivity index (χ1n) is 13.7. The third-order valence-corrected chi connectivity index (χ3v) is 7.32. The number of benzene rings is 5. The quantitative estimate of drug-likeness (QED) is 0.211. The zero-order chi connectivity index (χ0) is 27.6. The highest BCUT2D eigenvalue weighted by Crippen LogP contribution is 2.29. The molecule has 0 aliphatic carbocycles. The van der Waals surface area contributed by atoms with Crippen molar-refractivity contribution in [3.05, 3.63) is 142 Å². The molecule has 0 aromatic heterocycles. The molecule has 194 valence electrons. The lowest BCUT2D eigenvalue weighted by molar-refractivity contribution is 0.567. The smallest absolute Gasteiger partial charge is 0.139 e. The van der Waals surface area contributed by atoms with Gasteiger partial charge in [0.05, 0.1) is 5.56 Å². The molecule has 0 heterocycles. The second-order valence-electron chi connectivity index (χ2n) is 11.6. The fourth-order valence-corrected chi connectivity index (χ4v) is 5.02. The third kappa shape index (κ3) is 6.30. The lowest BCUT2D eigenvalue weighted by Gasteiger charge is -2.22. The Labute approximate surface area is 232 Å². The zero-order valence-electron chi connectivity index (χ0n) is 23.5. The van der Waals surface area contributed by atoms with Crippen LogP contribution in [0, 0.1) is 31.5 Å². The van der Waals surface area contributed by atoms with Crippen LogP contribution < -0.4 is 0 Å². The van der Waals surface area contributed by atoms with Crippen LogP contribution >= 0.6 is 0 Å². The number of hydrogen-bond acceptors (Lipinski definition) is 0. The van der Waals surface area contributed by atoms with Gasteiger partial charge < -0.3 is 0 Å². The predicted octanol–water partition coefficient (Wildman–Crippen LogP) is 9.75. The van der Waals surface area contributed by atoms with Gasteiger partial charge in [-0.05, 0) is 101 Å². The van der Waals surface area contributed by atoms with Crippen LogP contribution in [0.4, 0.5) is 4.39 Å². The molecule has 0 atom stereocenters. The molecule has 0 aliphatic heterocycles. The van der Waals surface area contributed by atoms with Crippen molar-refractivity contribution in [1.82, 2.24) is 0 Å². The average Bonchev–Trinajstić information content (AvgIpc) is 2.91. The summed E-state index contributed by atoms with van der Waals surface area (Å²) in [6, 6.07) is 34.1. The molecule has 0 amide bonds. The molecule has 39 heavy (non-hydrogen) atoms. The van der Waals surface area contributed by atoms with Crippen molar-refractivity contribution in [3.8, 4) is 23.0 Å². The van der Waals surface area contributed by atoms with Crippen molar-refractivity contribution in [2.45, 2.75) is 52.9 Å². The minimum Gasteiger partial charge on any atom is -0.206 e. The van der Waals surface area contributed by atoms with E-state index in [1.54, 1.807) is 6.07 Å². The molecule has 1 heteroatoms. The number of aryl methyl sites for hydroxylation is 4. The molecule has 0 unspecified atom stereocenters. The molecular weight excluding hydrogens is 475 g/mol. The van der Waals surface area contributed by atoms with Crippen LogP contribution in [0.15, 0.2) is 97.1 Å². The minimum absolute atomic E-state index is 0.182. The largest absolute Gasteiger partial charge is 0.206 e. The van der Waals surface area contributed by atoms with Crippen molar-refractivity contribution in [2.75, 3.05) is 0 Å². The molecule has 0 fully saturated rings. The van der Waals surface area contributed by atoms with E-state index in [1.165, 1.54) is 33.0 Å². The summed E-state index contributed by atoms with van der Waals surface area (Å²) < 4.78 is 14.8. The summed E-state index contributed by atoms with van der Waals surface area (Å²) in [5.41, 5.74) is 9.40. The zero-order valence-corrected chi connectivity index (χ0v) is 23.5. The molecule has 0 saturated heterocycles. The van der Waals surface area contributed by atoms with Crippen LogP contribution in [-0.2, 0) is 18.3 Å². The Bertz CT molecular complexity index is 1690. The van der Waals surface area contributed by atoms with E-state index in [-0.39, 0.29) is 11.2 Å². The van der Waals surface area contributed by atoms with Gasteiger partial charge in [0.25, 0.3) is 0 Å². The van der Waals surface area contributed by atoms with Gasteiger partial charge in [-0.2, -0.15) is 0 Å². The van der Waals surface area contributed by atoms with E-state index in [0.717, 1.165) is 35.1 Å². The van der Waals surface area contributed by atoms with Gasteiger partial charge in [0.1, 0.15) is 5.82 Å². The first-order chi connectivity index (χ1) is 18.7. The highest BCUT2D eigenvalue weighted by Gasteiger charge is 2.20. The number of hydrogen-bond donors (Lipinski definition) is 0. The van der Waals surface area contributed by atoms with Crippen LogP contribution in [-0.4, -0.2) is 0 Å². The van der Waals surface area contributed by atoms with Gasteiger partial charge in [-0.15, -0.1) is 0 Å². The van der Waals surface area contributed by atoms with Crippen molar-refractivity contribution < 1.29 is 4.39 Å². The lowest BCUT2D eigenvalue weighted by atomic mass is 9.82. The topological polar surface area (TPSA) is 0 Å². The maximum atomic E-state index is 14.8. The molecule has 0 radical (unpaired) electrons. The molecule has 5 aromatic carbocycles. The van der Waals surface area contributed by atoms with Crippen molar-refractivity contribution in [2.24, 2.45) is 0 Å². The fraction of sp³-hybridized carbons (Fsp3) is 0.211. The van der Waals surface area contributed by atoms with E-state index in [2.05, 4.69) is 112 Å². The van der Waals surface area contributed by atoms with Crippen molar-refractivity contribution >= 4 is 10.8 Å². The molecule has 0 aliphatic rings. The number of rotatable bonds is 4. The highest BCUT2D eigenvalue weighted by molar-refractivity contribution is 5.88. The summed E-state index contributed by atoms with van der Waals surface area (Å²) in [4.78, 5) is 0. The van der Waals surface area contributed by atoms with E-state index in [0.29, 0.717) is 5.56 Å². The molecular formula is C38H35F. The normalized spacial score (nSPS) is 11.3. The Balaban J connectivity index is 1.33. The monoisotopic (exact) mass is 510 g/mol. The van der Waals surface area contributed by atoms with Gasteiger partial charge >= 0.3 is 0 Å². The Morgan fingerprint density at radius 3 is 1.92 bits per heavy atom. The van der Waals surface area contributed by atoms with E-state index in [9.17, 15) is 4.39 Å². The number of halogens is 1. The second kappa shape index (κ2) is 10.9. The maximum Gasteiger partial charge on any atom is 0.139 e. The second-order valence-corrected chi connectivity index (χ2v) is 11.6. The van der Waals surface area contributed by atoms with Crippen LogP contribution in [0.25, 0.3) is 21.9 Å². The van der Waals surface area contributed by atoms with Crippen LogP contribution in [0.1, 0.15) is 59.7 Å². The molecule has 5 aromatic rings. The van der Waals surface area contributed by atoms with Crippen molar-refractivity contribution in [3.63, 3.8) is 0 Å². The summed E-state index contributed by atoms with van der Waals surface area (Å²) in [7, 11) is 0. The van der Waals surface area contributed by atoms with E-state index in [1.807, 2.05) is 25.1 Å². The summed E-state index contributed by atoms with van der Waals surface area (Å²) in [5.74, 6) is 6.05. The molecule has 0 saturated carbocycles. The van der Waals surface area contributed by atoms with E-state index in [4.69, 9.17) is 0 Å². The van der Waals surface area contributed by atoms with Gasteiger partial charge in [-0.1, -0.05) is 111 Å². The fourth-order valence-electron chi connectivity index (χ4n) is 5.02. The van der Waals surface area contributed by atoms with Gasteiger partial charge in [-0.3, -0.25) is 0 Å². The Morgan fingerprint density at radius 1 is 0.590 bits per heavy atom. The van der Waals surface area contributed by atoms with Gasteiger partial charge in [-0.25, -0.2) is 4.39 Å². The SMILES string of the molecule is Cc1ccc(CCc2ccc3cc(-c4ccc(C#Cc5c(F)cc(C)cc5C(C)(C)C)cc4)ccc3c2)cc1. The standard InChI is InChI=1S/C38H35F/c1-26-6-8-28(9-7-26)10-11-30-14-18-34-25-33(20-19-32(34)24-30)31-16-12-29(13-17-31)15-21-35-36(38(3,4)5)22-27(2)23-37(35)39/h6-9,12-14,16-20,22-25H,10-11H2,1-5H3.